The Morgan fingerprint density at radius 1 is 1.67 bits per heavy atom. The molecule has 2 unspecified atom stereocenters. The van der Waals surface area contributed by atoms with E-state index >= 15 is 0 Å². The number of hydrogen-bond donors (Lipinski definition) is 1. The van der Waals surface area contributed by atoms with Gasteiger partial charge in [0.2, 0.25) is 0 Å². The molecule has 4 heteroatoms. The van der Waals surface area contributed by atoms with E-state index < -0.39 is 5.97 Å². The van der Waals surface area contributed by atoms with Gasteiger partial charge in [-0.1, -0.05) is 6.92 Å². The molecule has 1 aliphatic heterocycles. The normalized spacial score (nSPS) is 24.7. The third-order valence-electron chi connectivity index (χ3n) is 3.33. The van der Waals surface area contributed by atoms with Gasteiger partial charge < -0.3 is 14.9 Å². The minimum Gasteiger partial charge on any atom is -0.481 e. The van der Waals surface area contributed by atoms with Crippen LogP contribution in [-0.2, 0) is 4.79 Å². The maximum Gasteiger partial charge on any atom is 0.306 e. The van der Waals surface area contributed by atoms with Crippen LogP contribution in [0.25, 0.3) is 0 Å². The fraction of sp³-hybridized carbons (Fsp3) is 0.909. The van der Waals surface area contributed by atoms with Gasteiger partial charge >= 0.3 is 5.97 Å². The summed E-state index contributed by atoms with van der Waals surface area (Å²) in [6.07, 6.45) is 1.94. The number of carboxylic acids is 1. The van der Waals surface area contributed by atoms with Crippen LogP contribution in [0, 0.1) is 5.92 Å². The number of nitrogens with zero attached hydrogens (tertiary/aromatic N) is 2. The minimum absolute atomic E-state index is 0.230. The van der Waals surface area contributed by atoms with Crippen LogP contribution in [0.5, 0.6) is 0 Å². The highest BCUT2D eigenvalue weighted by Gasteiger charge is 2.23. The lowest BCUT2D eigenvalue weighted by atomic mass is 10.1. The number of hydrogen-bond acceptors (Lipinski definition) is 3. The molecule has 1 aliphatic rings. The number of carbonyl (C=O) groups is 1. The van der Waals surface area contributed by atoms with Crippen LogP contribution in [-0.4, -0.2) is 60.6 Å². The Hall–Kier alpha value is -0.610. The molecule has 1 heterocycles. The van der Waals surface area contributed by atoms with Crippen molar-refractivity contribution in [1.82, 2.24) is 9.80 Å². The van der Waals surface area contributed by atoms with E-state index in [4.69, 9.17) is 5.11 Å². The molecule has 0 radical (unpaired) electrons. The van der Waals surface area contributed by atoms with Gasteiger partial charge in [0.1, 0.15) is 0 Å². The predicted octanol–water partition coefficient (Wildman–Crippen LogP) is 0.733. The van der Waals surface area contributed by atoms with Crippen molar-refractivity contribution in [2.24, 2.45) is 5.92 Å². The molecule has 1 fully saturated rings. The minimum atomic E-state index is -0.688. The molecule has 15 heavy (non-hydrogen) atoms. The van der Waals surface area contributed by atoms with Crippen molar-refractivity contribution in [1.29, 1.82) is 0 Å². The lowest BCUT2D eigenvalue weighted by molar-refractivity contribution is -0.141. The van der Waals surface area contributed by atoms with Crippen molar-refractivity contribution < 1.29 is 9.90 Å². The molecule has 0 aromatic rings. The van der Waals surface area contributed by atoms with E-state index in [9.17, 15) is 4.79 Å². The standard InChI is InChI=1S/C11H22N2O2/c1-9(11(14)15)4-7-13(3)10-5-6-12(2)8-10/h9-10H,4-8H2,1-3H3,(H,14,15). The quantitative estimate of drug-likeness (QED) is 0.733. The highest BCUT2D eigenvalue weighted by Crippen LogP contribution is 2.14. The van der Waals surface area contributed by atoms with Gasteiger partial charge in [-0.2, -0.15) is 0 Å². The summed E-state index contributed by atoms with van der Waals surface area (Å²) in [5, 5.41) is 8.78. The zero-order valence-electron chi connectivity index (χ0n) is 9.94. The molecule has 0 amide bonds. The molecular formula is C11H22N2O2. The Morgan fingerprint density at radius 3 is 2.80 bits per heavy atom. The van der Waals surface area contributed by atoms with Gasteiger partial charge in [-0.3, -0.25) is 4.79 Å². The molecule has 4 nitrogen and oxygen atoms in total. The van der Waals surface area contributed by atoms with Crippen molar-refractivity contribution in [3.05, 3.63) is 0 Å². The summed E-state index contributed by atoms with van der Waals surface area (Å²) in [4.78, 5) is 15.3. The van der Waals surface area contributed by atoms with Crippen LogP contribution in [0.15, 0.2) is 0 Å². The molecule has 0 aromatic heterocycles. The van der Waals surface area contributed by atoms with Crippen molar-refractivity contribution in [2.45, 2.75) is 25.8 Å². The first-order valence-electron chi connectivity index (χ1n) is 5.62. The summed E-state index contributed by atoms with van der Waals surface area (Å²) in [5.41, 5.74) is 0. The zero-order chi connectivity index (χ0) is 11.4. The average Bonchev–Trinajstić information content (AvgIpc) is 2.60. The van der Waals surface area contributed by atoms with Crippen molar-refractivity contribution in [2.75, 3.05) is 33.7 Å². The maximum atomic E-state index is 10.7. The summed E-state index contributed by atoms with van der Waals surface area (Å²) in [6.45, 7) is 4.92. The maximum absolute atomic E-state index is 10.7. The van der Waals surface area contributed by atoms with Gasteiger partial charge in [-0.05, 0) is 40.0 Å². The summed E-state index contributed by atoms with van der Waals surface area (Å²) in [5.74, 6) is -0.918. The fourth-order valence-corrected chi connectivity index (χ4v) is 1.97. The topological polar surface area (TPSA) is 43.8 Å². The van der Waals surface area contributed by atoms with Gasteiger partial charge in [-0.15, -0.1) is 0 Å². The SMILES string of the molecule is CC(CCN(C)C1CCN(C)C1)C(=O)O. The largest absolute Gasteiger partial charge is 0.481 e. The molecule has 2 atom stereocenters. The molecule has 0 aliphatic carbocycles. The van der Waals surface area contributed by atoms with E-state index in [1.807, 2.05) is 0 Å². The lowest BCUT2D eigenvalue weighted by Crippen LogP contribution is -2.35. The monoisotopic (exact) mass is 214 g/mol. The number of likely N-dealkylation sites (tertiary alicyclic amines) is 1. The second kappa shape index (κ2) is 5.47. The third-order valence-corrected chi connectivity index (χ3v) is 3.33. The van der Waals surface area contributed by atoms with E-state index in [1.165, 1.54) is 6.42 Å². The molecule has 1 N–H and O–H groups in total. The summed E-state index contributed by atoms with van der Waals surface area (Å²) < 4.78 is 0. The van der Waals surface area contributed by atoms with Crippen molar-refractivity contribution >= 4 is 5.97 Å². The predicted molar refractivity (Wildman–Crippen MR) is 59.9 cm³/mol. The highest BCUT2D eigenvalue weighted by atomic mass is 16.4. The van der Waals surface area contributed by atoms with Crippen LogP contribution >= 0.6 is 0 Å². The van der Waals surface area contributed by atoms with E-state index in [1.54, 1.807) is 6.92 Å². The van der Waals surface area contributed by atoms with Crippen LogP contribution < -0.4 is 0 Å². The smallest absolute Gasteiger partial charge is 0.306 e. The zero-order valence-corrected chi connectivity index (χ0v) is 9.94. The Morgan fingerprint density at radius 2 is 2.33 bits per heavy atom. The first-order valence-corrected chi connectivity index (χ1v) is 5.62. The van der Waals surface area contributed by atoms with Gasteiger partial charge in [0.15, 0.2) is 0 Å². The number of likely N-dealkylation sites (N-methyl/N-ethyl adjacent to an activating group) is 2. The number of rotatable bonds is 5. The molecule has 0 bridgehead atoms. The second-order valence-corrected chi connectivity index (χ2v) is 4.71. The molecule has 1 saturated heterocycles. The summed E-state index contributed by atoms with van der Waals surface area (Å²) >= 11 is 0. The van der Waals surface area contributed by atoms with Crippen LogP contribution in [0.4, 0.5) is 0 Å². The Balaban J connectivity index is 2.24. The van der Waals surface area contributed by atoms with E-state index in [2.05, 4.69) is 23.9 Å². The van der Waals surface area contributed by atoms with Crippen LogP contribution in [0.1, 0.15) is 19.8 Å². The molecule has 1 rings (SSSR count). The van der Waals surface area contributed by atoms with Gasteiger partial charge in [-0.25, -0.2) is 0 Å². The molecule has 0 saturated carbocycles. The Labute approximate surface area is 91.9 Å². The molecule has 0 aromatic carbocycles. The lowest BCUT2D eigenvalue weighted by Gasteiger charge is -2.24. The summed E-state index contributed by atoms with van der Waals surface area (Å²) in [6, 6.07) is 0.607. The first kappa shape index (κ1) is 12.5. The van der Waals surface area contributed by atoms with Gasteiger partial charge in [0, 0.05) is 12.6 Å². The van der Waals surface area contributed by atoms with Crippen molar-refractivity contribution in [3.63, 3.8) is 0 Å². The van der Waals surface area contributed by atoms with Crippen LogP contribution in [0.3, 0.4) is 0 Å². The Bertz CT molecular complexity index is 221. The molecule has 0 spiro atoms. The molecular weight excluding hydrogens is 192 g/mol. The first-order chi connectivity index (χ1) is 7.00. The highest BCUT2D eigenvalue weighted by molar-refractivity contribution is 5.69. The van der Waals surface area contributed by atoms with Crippen LogP contribution in [0.2, 0.25) is 0 Å². The fourth-order valence-electron chi connectivity index (χ4n) is 1.97. The number of aliphatic carboxylic acids is 1. The molecule has 88 valence electrons. The second-order valence-electron chi connectivity index (χ2n) is 4.71. The van der Waals surface area contributed by atoms with E-state index in [0.717, 1.165) is 26.1 Å². The summed E-state index contributed by atoms with van der Waals surface area (Å²) in [7, 11) is 4.23. The Kier molecular flexibility index (Phi) is 4.54. The van der Waals surface area contributed by atoms with Crippen molar-refractivity contribution in [3.8, 4) is 0 Å². The van der Waals surface area contributed by atoms with E-state index in [0.29, 0.717) is 6.04 Å². The average molecular weight is 214 g/mol. The third kappa shape index (κ3) is 3.80. The number of carboxylic acid groups (broad SMARTS) is 1. The van der Waals surface area contributed by atoms with Gasteiger partial charge in [0.25, 0.3) is 0 Å². The van der Waals surface area contributed by atoms with Gasteiger partial charge in [0.05, 0.1) is 5.92 Å². The van der Waals surface area contributed by atoms with E-state index in [-0.39, 0.29) is 5.92 Å².